The van der Waals surface area contributed by atoms with Gasteiger partial charge in [0.05, 0.1) is 5.69 Å². The van der Waals surface area contributed by atoms with Gasteiger partial charge in [0.15, 0.2) is 6.61 Å². The third kappa shape index (κ3) is 5.34. The first kappa shape index (κ1) is 20.5. The number of nitro groups is 1. The van der Waals surface area contributed by atoms with Crippen LogP contribution in [-0.4, -0.2) is 34.1 Å². The number of aromatic nitrogens is 1. The van der Waals surface area contributed by atoms with E-state index < -0.39 is 29.0 Å². The summed E-state index contributed by atoms with van der Waals surface area (Å²) < 4.78 is 5.29. The van der Waals surface area contributed by atoms with Gasteiger partial charge in [-0.1, -0.05) is 0 Å². The van der Waals surface area contributed by atoms with E-state index in [9.17, 15) is 24.5 Å². The summed E-state index contributed by atoms with van der Waals surface area (Å²) in [6.07, 6.45) is 0. The monoisotopic (exact) mass is 386 g/mol. The number of ether oxygens (including phenoxy) is 1. The lowest BCUT2D eigenvalue weighted by atomic mass is 10.1. The zero-order valence-electron chi connectivity index (χ0n) is 15.4. The summed E-state index contributed by atoms with van der Waals surface area (Å²) >= 11 is 0. The number of anilines is 2. The molecule has 10 nitrogen and oxygen atoms in total. The van der Waals surface area contributed by atoms with Gasteiger partial charge in [0, 0.05) is 32.0 Å². The molecule has 1 aromatic carbocycles. The van der Waals surface area contributed by atoms with E-state index >= 15 is 0 Å². The Bertz CT molecular complexity index is 957. The number of rotatable bonds is 7. The first-order valence-corrected chi connectivity index (χ1v) is 8.14. The summed E-state index contributed by atoms with van der Waals surface area (Å²) in [5.74, 6) is -1.87. The molecule has 0 spiro atoms. The first-order valence-electron chi connectivity index (χ1n) is 8.14. The second-order valence-electron chi connectivity index (χ2n) is 5.87. The molecule has 2 N–H and O–H groups in total. The largest absolute Gasteiger partial charge is 0.477 e. The van der Waals surface area contributed by atoms with Crippen molar-refractivity contribution in [1.29, 1.82) is 0 Å². The van der Waals surface area contributed by atoms with Crippen LogP contribution < -0.4 is 15.4 Å². The third-order valence-electron chi connectivity index (χ3n) is 3.46. The molecular weight excluding hydrogens is 368 g/mol. The molecule has 10 heteroatoms. The number of ketones is 1. The fourth-order valence-electron chi connectivity index (χ4n) is 2.36. The van der Waals surface area contributed by atoms with Gasteiger partial charge in [-0.15, -0.1) is 0 Å². The summed E-state index contributed by atoms with van der Waals surface area (Å²) in [4.78, 5) is 49.3. The molecule has 0 saturated carbocycles. The van der Waals surface area contributed by atoms with Crippen molar-refractivity contribution in [1.82, 2.24) is 4.98 Å². The molecule has 2 aromatic rings. The highest BCUT2D eigenvalue weighted by Crippen LogP contribution is 2.26. The van der Waals surface area contributed by atoms with E-state index in [2.05, 4.69) is 15.6 Å². The Morgan fingerprint density at radius 3 is 2.39 bits per heavy atom. The maximum Gasteiger partial charge on any atom is 0.406 e. The Morgan fingerprint density at radius 1 is 1.11 bits per heavy atom. The van der Waals surface area contributed by atoms with E-state index in [0.29, 0.717) is 11.4 Å². The summed E-state index contributed by atoms with van der Waals surface area (Å²) in [6.45, 7) is 3.70. The molecule has 146 valence electrons. The fraction of sp³-hybridized carbons (Fsp3) is 0.222. The SMILES string of the molecule is CC(=O)Nc1ccc(C(=O)COc2ccc(C)nc2[N+](=O)[O-])c(NC(C)=O)c1. The maximum absolute atomic E-state index is 12.5. The molecule has 1 aromatic heterocycles. The lowest BCUT2D eigenvalue weighted by Crippen LogP contribution is -2.17. The Labute approximate surface area is 160 Å². The van der Waals surface area contributed by atoms with Crippen LogP contribution in [0.3, 0.4) is 0 Å². The van der Waals surface area contributed by atoms with E-state index in [1.165, 1.54) is 44.2 Å². The van der Waals surface area contributed by atoms with Gasteiger partial charge in [0.25, 0.3) is 0 Å². The number of nitrogens with one attached hydrogen (secondary N) is 2. The van der Waals surface area contributed by atoms with Crippen LogP contribution in [0.2, 0.25) is 0 Å². The Balaban J connectivity index is 2.25. The zero-order valence-corrected chi connectivity index (χ0v) is 15.4. The van der Waals surface area contributed by atoms with Crippen molar-refractivity contribution >= 4 is 34.8 Å². The molecule has 0 aliphatic heterocycles. The Kier molecular flexibility index (Phi) is 6.38. The summed E-state index contributed by atoms with van der Waals surface area (Å²) in [6, 6.07) is 7.24. The van der Waals surface area contributed by atoms with Crippen molar-refractivity contribution < 1.29 is 24.0 Å². The molecule has 0 aliphatic carbocycles. The molecular formula is C18H18N4O6. The quantitative estimate of drug-likeness (QED) is 0.423. The third-order valence-corrected chi connectivity index (χ3v) is 3.46. The predicted octanol–water partition coefficient (Wildman–Crippen LogP) is 2.48. The lowest BCUT2D eigenvalue weighted by Gasteiger charge is -2.12. The maximum atomic E-state index is 12.5. The van der Waals surface area contributed by atoms with E-state index in [4.69, 9.17) is 4.74 Å². The van der Waals surface area contributed by atoms with Gasteiger partial charge in [0.2, 0.25) is 23.3 Å². The van der Waals surface area contributed by atoms with Crippen molar-refractivity contribution in [3.05, 3.63) is 51.7 Å². The standard InChI is InChI=1S/C18H18N4O6/c1-10-4-7-17(18(19-10)22(26)27)28-9-16(25)14-6-5-13(20-11(2)23)8-15(14)21-12(3)24/h4-8H,9H2,1-3H3,(H,20,23)(H,21,24). The number of carbonyl (C=O) groups is 3. The minimum atomic E-state index is -0.697. The smallest absolute Gasteiger partial charge is 0.406 e. The topological polar surface area (TPSA) is 141 Å². The van der Waals surface area contributed by atoms with Gasteiger partial charge in [-0.3, -0.25) is 14.4 Å². The van der Waals surface area contributed by atoms with Crippen molar-refractivity contribution in [2.24, 2.45) is 0 Å². The van der Waals surface area contributed by atoms with Crippen LogP contribution in [0, 0.1) is 17.0 Å². The number of benzene rings is 1. The number of hydrogen-bond donors (Lipinski definition) is 2. The number of aryl methyl sites for hydroxylation is 1. The minimum Gasteiger partial charge on any atom is -0.477 e. The molecule has 0 aliphatic rings. The Hall–Kier alpha value is -3.82. The van der Waals surface area contributed by atoms with Gasteiger partial charge in [-0.25, -0.2) is 0 Å². The Morgan fingerprint density at radius 2 is 1.79 bits per heavy atom. The van der Waals surface area contributed by atoms with Crippen LogP contribution in [0.5, 0.6) is 5.75 Å². The van der Waals surface area contributed by atoms with Crippen molar-refractivity contribution in [2.45, 2.75) is 20.8 Å². The molecule has 0 saturated heterocycles. The highest BCUT2D eigenvalue weighted by molar-refractivity contribution is 6.06. The molecule has 0 bridgehead atoms. The lowest BCUT2D eigenvalue weighted by molar-refractivity contribution is -0.390. The summed E-state index contributed by atoms with van der Waals surface area (Å²) in [7, 11) is 0. The van der Waals surface area contributed by atoms with Crippen molar-refractivity contribution in [2.75, 3.05) is 17.2 Å². The summed E-state index contributed by atoms with van der Waals surface area (Å²) in [5.41, 5.74) is 1.15. The van der Waals surface area contributed by atoms with Crippen LogP contribution in [0.1, 0.15) is 29.9 Å². The van der Waals surface area contributed by atoms with E-state index in [-0.39, 0.29) is 22.9 Å². The van der Waals surface area contributed by atoms with Crippen LogP contribution >= 0.6 is 0 Å². The molecule has 1 heterocycles. The van der Waals surface area contributed by atoms with Crippen molar-refractivity contribution in [3.63, 3.8) is 0 Å². The number of Topliss-reactive ketones (excluding diaryl/α,β-unsaturated/α-hetero) is 1. The molecule has 28 heavy (non-hydrogen) atoms. The van der Waals surface area contributed by atoms with Gasteiger partial charge in [0.1, 0.15) is 5.69 Å². The highest BCUT2D eigenvalue weighted by Gasteiger charge is 2.20. The van der Waals surface area contributed by atoms with Crippen LogP contribution in [0.4, 0.5) is 17.2 Å². The van der Waals surface area contributed by atoms with Crippen LogP contribution in [0.15, 0.2) is 30.3 Å². The molecule has 2 amide bonds. The predicted molar refractivity (Wildman–Crippen MR) is 101 cm³/mol. The summed E-state index contributed by atoms with van der Waals surface area (Å²) in [5, 5.41) is 16.2. The molecule has 2 rings (SSSR count). The average Bonchev–Trinajstić information content (AvgIpc) is 2.59. The highest BCUT2D eigenvalue weighted by atomic mass is 16.6. The molecule has 0 radical (unpaired) electrons. The second-order valence-corrected chi connectivity index (χ2v) is 5.87. The fourth-order valence-corrected chi connectivity index (χ4v) is 2.36. The number of hydrogen-bond acceptors (Lipinski definition) is 7. The van der Waals surface area contributed by atoms with Gasteiger partial charge >= 0.3 is 5.82 Å². The van der Waals surface area contributed by atoms with Crippen LogP contribution in [0.25, 0.3) is 0 Å². The van der Waals surface area contributed by atoms with Crippen molar-refractivity contribution in [3.8, 4) is 5.75 Å². The van der Waals surface area contributed by atoms with E-state index in [1.807, 2.05) is 0 Å². The van der Waals surface area contributed by atoms with Gasteiger partial charge < -0.3 is 25.5 Å². The average molecular weight is 386 g/mol. The first-order chi connectivity index (χ1) is 13.2. The molecule has 0 fully saturated rings. The molecule has 0 atom stereocenters. The van der Waals surface area contributed by atoms with E-state index in [1.54, 1.807) is 6.92 Å². The molecule has 0 unspecified atom stereocenters. The van der Waals surface area contributed by atoms with Gasteiger partial charge in [-0.05, 0) is 40.2 Å². The van der Waals surface area contributed by atoms with E-state index in [0.717, 1.165) is 0 Å². The van der Waals surface area contributed by atoms with Crippen LogP contribution in [-0.2, 0) is 9.59 Å². The number of amides is 2. The minimum absolute atomic E-state index is 0.132. The van der Waals surface area contributed by atoms with Gasteiger partial charge in [-0.2, -0.15) is 0 Å². The number of carbonyl (C=O) groups excluding carboxylic acids is 3. The number of pyridine rings is 1. The second kappa shape index (κ2) is 8.71. The normalized spacial score (nSPS) is 10.1. The number of nitrogens with zero attached hydrogens (tertiary/aromatic N) is 2. The zero-order chi connectivity index (χ0) is 20.8.